The second-order valence-corrected chi connectivity index (χ2v) is 24.8. The average molecular weight is 1160 g/mol. The number of nitro benzene ring substituents is 1. The molecule has 2 aliphatic rings. The van der Waals surface area contributed by atoms with Crippen molar-refractivity contribution in [2.24, 2.45) is 0 Å². The van der Waals surface area contributed by atoms with E-state index >= 15 is 0 Å². The fourth-order valence-corrected chi connectivity index (χ4v) is 14.2. The fourth-order valence-electron chi connectivity index (χ4n) is 9.47. The van der Waals surface area contributed by atoms with Gasteiger partial charge >= 0.3 is 0 Å². The number of halogens is 2. The normalized spacial score (nSPS) is 16.4. The highest BCUT2D eigenvalue weighted by Crippen LogP contribution is 2.37. The van der Waals surface area contributed by atoms with Crippen LogP contribution in [0.2, 0.25) is 10.0 Å². The van der Waals surface area contributed by atoms with Crippen molar-refractivity contribution in [1.82, 2.24) is 47.3 Å². The number of anilines is 3. The Morgan fingerprint density at radius 2 is 1.08 bits per heavy atom. The lowest BCUT2D eigenvalue weighted by molar-refractivity contribution is -0.384. The first-order valence-electron chi connectivity index (χ1n) is 24.4. The molecule has 0 radical (unpaired) electrons. The van der Waals surface area contributed by atoms with Gasteiger partial charge in [-0.15, -0.1) is 22.7 Å². The second kappa shape index (κ2) is 22.1. The van der Waals surface area contributed by atoms with Crippen LogP contribution in [0, 0.1) is 10.1 Å². The molecule has 0 saturated carbocycles. The van der Waals surface area contributed by atoms with Gasteiger partial charge in [0.1, 0.15) is 17.1 Å². The smallest absolute Gasteiger partial charge is 0.270 e. The number of hydrogen-bond donors (Lipinski definition) is 3. The zero-order valence-electron chi connectivity index (χ0n) is 41.0. The number of fused-ring (bicyclic) bond motifs is 2. The van der Waals surface area contributed by atoms with Crippen molar-refractivity contribution in [1.29, 1.82) is 0 Å². The van der Waals surface area contributed by atoms with Gasteiger partial charge in [-0.1, -0.05) is 47.5 Å². The molecule has 10 aromatic rings. The third-order valence-corrected chi connectivity index (χ3v) is 18.9. The molecular formula is C52H46Cl2N14O6S4. The minimum Gasteiger partial charge on any atom is -0.399 e. The van der Waals surface area contributed by atoms with Crippen molar-refractivity contribution in [3.8, 4) is 45.3 Å². The average Bonchev–Trinajstić information content (AvgIpc) is 4.27. The number of nitrogens with zero attached hydrogens (tertiary/aromatic N) is 11. The summed E-state index contributed by atoms with van der Waals surface area (Å²) in [7, 11) is -7.31. The number of nitrogens with one attached hydrogen (secondary N) is 2. The number of imidazole rings is 2. The molecular weight excluding hydrogens is 1120 g/mol. The fraction of sp³-hybridized carbons (Fsp3) is 0.192. The SMILES string of the molecule is Nc1cccc(-c2nc3sccn3c2-c2ccnc(N[C@@H]3CCCN(S(=O)(=O)c4ccc(Cl)cc4)C3)n2)c1.O=[N+]([O-])c1cccc(-c2nc3sccn3c2-c2ccnc(N[C@@H]3CCCN(S(=O)(=O)c4ccc(Cl)cc4)C3)n2)c1. The Hall–Kier alpha value is -7.42. The number of rotatable bonds is 13. The predicted octanol–water partition coefficient (Wildman–Crippen LogP) is 10.4. The molecule has 20 nitrogen and oxygen atoms in total. The first-order valence-corrected chi connectivity index (χ1v) is 29.8. The minimum absolute atomic E-state index is 0.0275. The van der Waals surface area contributed by atoms with Crippen LogP contribution in [0.1, 0.15) is 25.7 Å². The standard InChI is InChI=1S/C26H22ClN7O4S2.C26H24ClN7O2S2/c27-18-6-8-21(9-7-18)40(37,38)32-12-2-4-19(16-32)29-25-28-11-10-22(30-25)24-23(31-26-33(24)13-14-39-26)17-3-1-5-20(15-17)34(35)36;27-18-6-8-21(9-7-18)38(35,36)33-12-2-5-20(16-33)30-25-29-11-10-22(31-25)24-23(17-3-1-4-19(28)15-17)32-26-34(24)13-14-37-26/h1,3,5-11,13-15,19H,2,4,12,16H2,(H,28,29,30);1,3-4,6-11,13-15,20H,2,5,12,16,28H2,(H,29,30,31)/t19-;20-/m11/s1. The summed E-state index contributed by atoms with van der Waals surface area (Å²) in [4.78, 5) is 40.9. The highest BCUT2D eigenvalue weighted by atomic mass is 35.5. The largest absolute Gasteiger partial charge is 0.399 e. The van der Waals surface area contributed by atoms with Crippen LogP contribution in [-0.4, -0.2) is 107 Å². The van der Waals surface area contributed by atoms with Gasteiger partial charge in [-0.25, -0.2) is 46.7 Å². The van der Waals surface area contributed by atoms with Crippen molar-refractivity contribution in [3.63, 3.8) is 0 Å². The second-order valence-electron chi connectivity index (χ2n) is 18.3. The van der Waals surface area contributed by atoms with Crippen molar-refractivity contribution in [3.05, 3.63) is 165 Å². The summed E-state index contributed by atoms with van der Waals surface area (Å²) in [5.41, 5.74) is 12.3. The third kappa shape index (κ3) is 11.0. The van der Waals surface area contributed by atoms with Crippen LogP contribution in [0.5, 0.6) is 0 Å². The summed E-state index contributed by atoms with van der Waals surface area (Å²) >= 11 is 14.9. The van der Waals surface area contributed by atoms with E-state index in [9.17, 15) is 26.9 Å². The first-order chi connectivity index (χ1) is 37.7. The number of hydrogen-bond acceptors (Lipinski definition) is 17. The van der Waals surface area contributed by atoms with Crippen molar-refractivity contribution < 1.29 is 21.8 Å². The number of benzene rings is 4. The molecule has 0 bridgehead atoms. The minimum atomic E-state index is -3.68. The molecule has 2 aliphatic heterocycles. The van der Waals surface area contributed by atoms with Gasteiger partial charge < -0.3 is 16.4 Å². The van der Waals surface area contributed by atoms with E-state index in [1.807, 2.05) is 62.3 Å². The van der Waals surface area contributed by atoms with Gasteiger partial charge in [0.25, 0.3) is 5.69 Å². The summed E-state index contributed by atoms with van der Waals surface area (Å²) in [5.74, 6) is 0.783. The number of aromatic nitrogens is 8. The Balaban J connectivity index is 0.000000166. The van der Waals surface area contributed by atoms with Gasteiger partial charge in [-0.2, -0.15) is 8.61 Å². The highest BCUT2D eigenvalue weighted by molar-refractivity contribution is 7.89. The molecule has 0 unspecified atom stereocenters. The van der Waals surface area contributed by atoms with E-state index in [2.05, 4.69) is 20.6 Å². The lowest BCUT2D eigenvalue weighted by atomic mass is 10.1. The molecule has 2 atom stereocenters. The van der Waals surface area contributed by atoms with Gasteiger partial charge in [0, 0.05) is 113 Å². The maximum atomic E-state index is 13.2. The molecule has 12 rings (SSSR count). The zero-order chi connectivity index (χ0) is 54.1. The van der Waals surface area contributed by atoms with E-state index in [0.29, 0.717) is 82.0 Å². The van der Waals surface area contributed by atoms with Crippen molar-refractivity contribution in [2.75, 3.05) is 42.5 Å². The molecule has 0 aliphatic carbocycles. The van der Waals surface area contributed by atoms with E-state index in [0.717, 1.165) is 46.1 Å². The number of nitrogen functional groups attached to an aromatic ring is 1. The molecule has 6 aromatic heterocycles. The van der Waals surface area contributed by atoms with Crippen LogP contribution in [0.4, 0.5) is 23.3 Å². The molecule has 4 N–H and O–H groups in total. The Morgan fingerprint density at radius 3 is 1.54 bits per heavy atom. The number of nitrogens with two attached hydrogens (primary N) is 1. The number of thiazole rings is 2. The number of non-ortho nitro benzene ring substituents is 1. The lowest BCUT2D eigenvalue weighted by Gasteiger charge is -2.32. The summed E-state index contributed by atoms with van der Waals surface area (Å²) in [6.07, 6.45) is 10.1. The zero-order valence-corrected chi connectivity index (χ0v) is 45.8. The van der Waals surface area contributed by atoms with Crippen LogP contribution in [0.25, 0.3) is 55.2 Å². The monoisotopic (exact) mass is 1160 g/mol. The number of nitro groups is 1. The van der Waals surface area contributed by atoms with Gasteiger partial charge in [0.15, 0.2) is 9.92 Å². The molecule has 398 valence electrons. The van der Waals surface area contributed by atoms with Crippen LogP contribution >= 0.6 is 45.9 Å². The van der Waals surface area contributed by atoms with Crippen LogP contribution < -0.4 is 16.4 Å². The Morgan fingerprint density at radius 1 is 0.615 bits per heavy atom. The van der Waals surface area contributed by atoms with E-state index in [4.69, 9.17) is 48.9 Å². The maximum Gasteiger partial charge on any atom is 0.270 e. The van der Waals surface area contributed by atoms with E-state index < -0.39 is 25.0 Å². The first kappa shape index (κ1) is 52.6. The summed E-state index contributed by atoms with van der Waals surface area (Å²) < 4.78 is 59.7. The van der Waals surface area contributed by atoms with Crippen LogP contribution in [0.3, 0.4) is 0 Å². The van der Waals surface area contributed by atoms with Crippen molar-refractivity contribution >= 4 is 99.1 Å². The third-order valence-electron chi connectivity index (χ3n) is 13.1. The molecule has 4 aromatic carbocycles. The maximum absolute atomic E-state index is 13.2. The molecule has 0 spiro atoms. The van der Waals surface area contributed by atoms with Crippen LogP contribution in [-0.2, 0) is 20.0 Å². The van der Waals surface area contributed by atoms with Gasteiger partial charge in [-0.3, -0.25) is 18.9 Å². The predicted molar refractivity (Wildman–Crippen MR) is 304 cm³/mol. The molecule has 2 saturated heterocycles. The quantitative estimate of drug-likeness (QED) is 0.0551. The van der Waals surface area contributed by atoms with E-state index in [1.54, 1.807) is 66.2 Å². The Labute approximate surface area is 465 Å². The summed E-state index contributed by atoms with van der Waals surface area (Å²) in [6, 6.07) is 29.6. The van der Waals surface area contributed by atoms with Gasteiger partial charge in [0.05, 0.1) is 31.8 Å². The van der Waals surface area contributed by atoms with Gasteiger partial charge in [0.2, 0.25) is 31.9 Å². The Kier molecular flexibility index (Phi) is 14.9. The molecule has 8 heterocycles. The topological polar surface area (TPSA) is 254 Å². The highest BCUT2D eigenvalue weighted by Gasteiger charge is 2.33. The van der Waals surface area contributed by atoms with E-state index in [-0.39, 0.29) is 34.1 Å². The Bertz CT molecular complexity index is 4060. The summed E-state index contributed by atoms with van der Waals surface area (Å²) in [5, 5.41) is 22.9. The van der Waals surface area contributed by atoms with Crippen molar-refractivity contribution in [2.45, 2.75) is 47.6 Å². The van der Waals surface area contributed by atoms with Gasteiger partial charge in [-0.05, 0) is 98.5 Å². The molecule has 78 heavy (non-hydrogen) atoms. The molecule has 0 amide bonds. The number of piperidine rings is 2. The lowest BCUT2D eigenvalue weighted by Crippen LogP contribution is -2.45. The summed E-state index contributed by atoms with van der Waals surface area (Å²) in [6.45, 7) is 1.45. The molecule has 26 heteroatoms. The van der Waals surface area contributed by atoms with Crippen LogP contribution in [0.15, 0.2) is 155 Å². The number of sulfonamides is 2. The van der Waals surface area contributed by atoms with E-state index in [1.165, 1.54) is 56.3 Å². The molecule has 2 fully saturated rings.